The fourth-order valence-electron chi connectivity index (χ4n) is 3.51. The van der Waals surface area contributed by atoms with Crippen LogP contribution in [0.2, 0.25) is 0 Å². The molecule has 1 saturated heterocycles. The molecule has 2 amide bonds. The van der Waals surface area contributed by atoms with E-state index in [1.54, 1.807) is 0 Å². The van der Waals surface area contributed by atoms with E-state index in [9.17, 15) is 9.59 Å². The van der Waals surface area contributed by atoms with Crippen molar-refractivity contribution >= 4 is 11.8 Å². The molecule has 1 unspecified atom stereocenters. The summed E-state index contributed by atoms with van der Waals surface area (Å²) in [5.74, 6) is -0.896. The molecule has 0 aromatic heterocycles. The quantitative estimate of drug-likeness (QED) is 0.720. The first kappa shape index (κ1) is 14.1. The van der Waals surface area contributed by atoms with Gasteiger partial charge in [-0.05, 0) is 31.2 Å². The summed E-state index contributed by atoms with van der Waals surface area (Å²) >= 11 is 0. The average Bonchev–Trinajstić information content (AvgIpc) is 2.74. The van der Waals surface area contributed by atoms with Crippen molar-refractivity contribution in [2.75, 3.05) is 0 Å². The van der Waals surface area contributed by atoms with Crippen molar-refractivity contribution in [3.05, 3.63) is 35.9 Å². The minimum atomic E-state index is -1.33. The normalized spacial score (nSPS) is 27.5. The molecular formula is C16H21N3O2. The molecule has 1 aromatic rings. The van der Waals surface area contributed by atoms with Crippen molar-refractivity contribution in [1.29, 1.82) is 0 Å². The van der Waals surface area contributed by atoms with E-state index in [0.717, 1.165) is 31.2 Å². The number of carbonyl (C=O) groups excluding carboxylic acids is 2. The molecule has 5 nitrogen and oxygen atoms in total. The van der Waals surface area contributed by atoms with E-state index >= 15 is 0 Å². The second kappa shape index (κ2) is 5.15. The molecule has 2 fully saturated rings. The van der Waals surface area contributed by atoms with Gasteiger partial charge in [-0.25, -0.2) is 0 Å². The molecule has 1 aromatic carbocycles. The molecule has 112 valence electrons. The van der Waals surface area contributed by atoms with Crippen LogP contribution in [0, 0.1) is 0 Å². The van der Waals surface area contributed by atoms with Gasteiger partial charge in [0, 0.05) is 6.42 Å². The zero-order chi connectivity index (χ0) is 14.9. The van der Waals surface area contributed by atoms with E-state index in [2.05, 4.69) is 10.6 Å². The highest BCUT2D eigenvalue weighted by Gasteiger charge is 2.57. The molecule has 1 saturated carbocycles. The van der Waals surface area contributed by atoms with Gasteiger partial charge in [-0.15, -0.1) is 0 Å². The second-order valence-electron chi connectivity index (χ2n) is 6.15. The van der Waals surface area contributed by atoms with Gasteiger partial charge in [0.2, 0.25) is 5.91 Å². The lowest BCUT2D eigenvalue weighted by atomic mass is 9.87. The zero-order valence-corrected chi connectivity index (χ0v) is 12.0. The number of rotatable bonds is 3. The van der Waals surface area contributed by atoms with Crippen LogP contribution in [0.25, 0.3) is 0 Å². The van der Waals surface area contributed by atoms with Crippen LogP contribution < -0.4 is 16.4 Å². The monoisotopic (exact) mass is 287 g/mol. The van der Waals surface area contributed by atoms with Crippen LogP contribution in [0.5, 0.6) is 0 Å². The summed E-state index contributed by atoms with van der Waals surface area (Å²) in [7, 11) is 0. The summed E-state index contributed by atoms with van der Waals surface area (Å²) < 4.78 is 0. The molecular weight excluding hydrogens is 266 g/mol. The number of hydrogen-bond donors (Lipinski definition) is 3. The Balaban J connectivity index is 1.91. The molecule has 3 rings (SSSR count). The van der Waals surface area contributed by atoms with Gasteiger partial charge in [0.15, 0.2) is 5.54 Å². The van der Waals surface area contributed by atoms with Gasteiger partial charge in [0.1, 0.15) is 0 Å². The van der Waals surface area contributed by atoms with Gasteiger partial charge in [-0.2, -0.15) is 0 Å². The molecule has 1 aliphatic carbocycles. The molecule has 0 bridgehead atoms. The van der Waals surface area contributed by atoms with Crippen molar-refractivity contribution in [3.63, 3.8) is 0 Å². The van der Waals surface area contributed by atoms with E-state index in [1.807, 2.05) is 30.3 Å². The van der Waals surface area contributed by atoms with E-state index < -0.39 is 17.1 Å². The summed E-state index contributed by atoms with van der Waals surface area (Å²) in [6, 6.07) is 9.52. The third-order valence-corrected chi connectivity index (χ3v) is 4.63. The van der Waals surface area contributed by atoms with Crippen LogP contribution in [0.3, 0.4) is 0 Å². The number of hydrogen-bond acceptors (Lipinski definition) is 3. The Morgan fingerprint density at radius 2 is 1.81 bits per heavy atom. The van der Waals surface area contributed by atoms with Gasteiger partial charge in [0.25, 0.3) is 5.91 Å². The fourth-order valence-corrected chi connectivity index (χ4v) is 3.51. The maximum atomic E-state index is 12.5. The lowest BCUT2D eigenvalue weighted by Gasteiger charge is -2.35. The standard InChI is InChI=1S/C16H21N3O2/c17-13(20)16(11-12-7-3-1-4-8-12)14(21)18-15(19-16)9-5-2-6-10-15/h1,3-4,7-8,19H,2,5-6,9-11H2,(H2,17,20)(H,18,21). The number of primary amides is 1. The molecule has 1 heterocycles. The smallest absolute Gasteiger partial charge is 0.251 e. The van der Waals surface area contributed by atoms with E-state index in [0.29, 0.717) is 0 Å². The Morgan fingerprint density at radius 1 is 1.14 bits per heavy atom. The number of benzene rings is 1. The maximum absolute atomic E-state index is 12.5. The number of carbonyl (C=O) groups is 2. The van der Waals surface area contributed by atoms with Gasteiger partial charge in [-0.1, -0.05) is 36.8 Å². The Morgan fingerprint density at radius 3 is 2.43 bits per heavy atom. The third kappa shape index (κ3) is 2.42. The lowest BCUT2D eigenvalue weighted by molar-refractivity contribution is -0.134. The Labute approximate surface area is 124 Å². The van der Waals surface area contributed by atoms with Crippen molar-refractivity contribution in [3.8, 4) is 0 Å². The van der Waals surface area contributed by atoms with Crippen molar-refractivity contribution < 1.29 is 9.59 Å². The molecule has 21 heavy (non-hydrogen) atoms. The van der Waals surface area contributed by atoms with Crippen molar-refractivity contribution in [2.24, 2.45) is 5.73 Å². The highest BCUT2D eigenvalue weighted by atomic mass is 16.2. The topological polar surface area (TPSA) is 84.2 Å². The zero-order valence-electron chi connectivity index (χ0n) is 12.0. The molecule has 1 aliphatic heterocycles. The van der Waals surface area contributed by atoms with Crippen molar-refractivity contribution in [1.82, 2.24) is 10.6 Å². The van der Waals surface area contributed by atoms with E-state index in [-0.39, 0.29) is 12.3 Å². The van der Waals surface area contributed by atoms with Crippen LogP contribution in [0.4, 0.5) is 0 Å². The maximum Gasteiger partial charge on any atom is 0.251 e. The minimum Gasteiger partial charge on any atom is -0.368 e. The molecule has 1 atom stereocenters. The first-order chi connectivity index (χ1) is 10.1. The van der Waals surface area contributed by atoms with Gasteiger partial charge in [0.05, 0.1) is 5.66 Å². The van der Waals surface area contributed by atoms with Crippen LogP contribution in [-0.4, -0.2) is 23.0 Å². The first-order valence-corrected chi connectivity index (χ1v) is 7.52. The van der Waals surface area contributed by atoms with Crippen LogP contribution in [0.15, 0.2) is 30.3 Å². The Bertz CT molecular complexity index is 552. The van der Waals surface area contributed by atoms with Crippen molar-refractivity contribution in [2.45, 2.75) is 49.7 Å². The predicted octanol–water partition coefficient (Wildman–Crippen LogP) is 0.833. The largest absolute Gasteiger partial charge is 0.368 e. The van der Waals surface area contributed by atoms with E-state index in [1.165, 1.54) is 6.42 Å². The number of nitrogens with two attached hydrogens (primary N) is 1. The molecule has 2 aliphatic rings. The van der Waals surface area contributed by atoms with Crippen LogP contribution >= 0.6 is 0 Å². The summed E-state index contributed by atoms with van der Waals surface area (Å²) in [6.45, 7) is 0. The highest BCUT2D eigenvalue weighted by Crippen LogP contribution is 2.33. The lowest BCUT2D eigenvalue weighted by Crippen LogP contribution is -2.61. The number of amides is 2. The molecule has 5 heteroatoms. The summed E-state index contributed by atoms with van der Waals surface area (Å²) in [6.07, 6.45) is 5.25. The third-order valence-electron chi connectivity index (χ3n) is 4.63. The Kier molecular flexibility index (Phi) is 3.45. The van der Waals surface area contributed by atoms with Gasteiger partial charge >= 0.3 is 0 Å². The SMILES string of the molecule is NC(=O)C1(Cc2ccccc2)NC2(CCCCC2)NC1=O. The minimum absolute atomic E-state index is 0.288. The Hall–Kier alpha value is -1.88. The summed E-state index contributed by atoms with van der Waals surface area (Å²) in [5, 5.41) is 6.29. The molecule has 1 spiro atoms. The molecule has 0 radical (unpaired) electrons. The predicted molar refractivity (Wildman–Crippen MR) is 79.2 cm³/mol. The van der Waals surface area contributed by atoms with Gasteiger partial charge < -0.3 is 11.1 Å². The first-order valence-electron chi connectivity index (χ1n) is 7.52. The molecule has 4 N–H and O–H groups in total. The van der Waals surface area contributed by atoms with Crippen LogP contribution in [-0.2, 0) is 16.0 Å². The summed E-state index contributed by atoms with van der Waals surface area (Å²) in [5.41, 5.74) is 4.73. The van der Waals surface area contributed by atoms with Crippen LogP contribution in [0.1, 0.15) is 37.7 Å². The van der Waals surface area contributed by atoms with Gasteiger partial charge in [-0.3, -0.25) is 14.9 Å². The highest BCUT2D eigenvalue weighted by molar-refractivity contribution is 6.11. The average molecular weight is 287 g/mol. The second-order valence-corrected chi connectivity index (χ2v) is 6.15. The fraction of sp³-hybridized carbons (Fsp3) is 0.500. The summed E-state index contributed by atoms with van der Waals surface area (Å²) in [4.78, 5) is 24.6. The number of nitrogens with one attached hydrogen (secondary N) is 2. The van der Waals surface area contributed by atoms with E-state index in [4.69, 9.17) is 5.73 Å².